The molecule has 172 valence electrons. The predicted molar refractivity (Wildman–Crippen MR) is 111 cm³/mol. The summed E-state index contributed by atoms with van der Waals surface area (Å²) in [5.41, 5.74) is 1.24. The van der Waals surface area contributed by atoms with Gasteiger partial charge in [-0.15, -0.1) is 0 Å². The monoisotopic (exact) mass is 451 g/mol. The van der Waals surface area contributed by atoms with Crippen LogP contribution in [0.3, 0.4) is 0 Å². The van der Waals surface area contributed by atoms with Crippen molar-refractivity contribution in [1.82, 2.24) is 14.7 Å². The average Bonchev–Trinajstić information content (AvgIpc) is 3.24. The molecule has 4 rings (SSSR count). The van der Waals surface area contributed by atoms with E-state index in [4.69, 9.17) is 4.74 Å². The van der Waals surface area contributed by atoms with Crippen LogP contribution < -0.4 is 4.90 Å². The van der Waals surface area contributed by atoms with Crippen molar-refractivity contribution >= 4 is 23.6 Å². The minimum atomic E-state index is -4.43. The molecule has 0 N–H and O–H groups in total. The van der Waals surface area contributed by atoms with Gasteiger partial charge >= 0.3 is 12.2 Å². The molecule has 3 aliphatic rings. The van der Waals surface area contributed by atoms with Gasteiger partial charge in [0.1, 0.15) is 0 Å². The van der Waals surface area contributed by atoms with Gasteiger partial charge in [0, 0.05) is 30.7 Å². The Balaban J connectivity index is 1.67. The first-order valence-corrected chi connectivity index (χ1v) is 10.3. The lowest BCUT2D eigenvalue weighted by Crippen LogP contribution is -2.65. The van der Waals surface area contributed by atoms with Gasteiger partial charge in [-0.2, -0.15) is 13.2 Å². The largest absolute Gasteiger partial charge is 0.416 e. The minimum Gasteiger partial charge on any atom is -0.380 e. The Kier molecular flexibility index (Phi) is 5.40. The number of urea groups is 1. The van der Waals surface area contributed by atoms with Crippen molar-refractivity contribution < 1.29 is 27.5 Å². The molecule has 0 aromatic heterocycles. The number of anilines is 1. The number of imide groups is 1. The molecule has 1 saturated heterocycles. The van der Waals surface area contributed by atoms with Crippen LogP contribution in [-0.2, 0) is 15.7 Å². The first-order valence-electron chi connectivity index (χ1n) is 10.3. The third kappa shape index (κ3) is 3.31. The number of halogens is 3. The SMILES string of the molecule is CCOCCN1C(=O)C2C(N=C3N(c4ccc(C(F)(F)F)cc4)C(C)=C(C)N32)N(C)C1=O. The van der Waals surface area contributed by atoms with Crippen LogP contribution >= 0.6 is 0 Å². The van der Waals surface area contributed by atoms with E-state index in [2.05, 4.69) is 4.99 Å². The number of nitrogens with zero attached hydrogens (tertiary/aromatic N) is 5. The number of ether oxygens (including phenoxy) is 1. The maximum atomic E-state index is 13.3. The average molecular weight is 451 g/mol. The number of allylic oxidation sites excluding steroid dienone is 2. The first kappa shape index (κ1) is 22.1. The zero-order valence-electron chi connectivity index (χ0n) is 18.2. The van der Waals surface area contributed by atoms with Crippen LogP contribution in [0.1, 0.15) is 26.3 Å². The summed E-state index contributed by atoms with van der Waals surface area (Å²) in [4.78, 5) is 36.8. The Hall–Kier alpha value is -3.08. The summed E-state index contributed by atoms with van der Waals surface area (Å²) in [6.07, 6.45) is -5.16. The van der Waals surface area contributed by atoms with Gasteiger partial charge in [0.05, 0.1) is 18.7 Å². The zero-order valence-corrected chi connectivity index (χ0v) is 18.2. The van der Waals surface area contributed by atoms with Crippen LogP contribution in [0.2, 0.25) is 0 Å². The number of fused-ring (bicyclic) bond motifs is 3. The summed E-state index contributed by atoms with van der Waals surface area (Å²) in [7, 11) is 1.58. The molecule has 2 unspecified atom stereocenters. The molecule has 2 atom stereocenters. The Morgan fingerprint density at radius 2 is 1.75 bits per heavy atom. The van der Waals surface area contributed by atoms with Crippen LogP contribution in [0.25, 0.3) is 0 Å². The molecule has 3 aliphatic heterocycles. The van der Waals surface area contributed by atoms with Gasteiger partial charge in [0.15, 0.2) is 12.2 Å². The number of carbonyl (C=O) groups excluding carboxylic acids is 2. The van der Waals surface area contributed by atoms with Gasteiger partial charge in [0.2, 0.25) is 5.96 Å². The van der Waals surface area contributed by atoms with Crippen molar-refractivity contribution in [3.63, 3.8) is 0 Å². The van der Waals surface area contributed by atoms with Crippen molar-refractivity contribution in [2.45, 2.75) is 39.2 Å². The van der Waals surface area contributed by atoms with Crippen LogP contribution in [-0.4, -0.2) is 71.6 Å². The molecule has 3 amide bonds. The molecular formula is C21H24F3N5O3. The number of rotatable bonds is 5. The Morgan fingerprint density at radius 3 is 2.34 bits per heavy atom. The van der Waals surface area contributed by atoms with Gasteiger partial charge in [-0.3, -0.25) is 19.5 Å². The molecule has 0 spiro atoms. The number of guanidine groups is 1. The van der Waals surface area contributed by atoms with Gasteiger partial charge in [-0.05, 0) is 45.0 Å². The topological polar surface area (TPSA) is 68.7 Å². The van der Waals surface area contributed by atoms with E-state index in [1.807, 2.05) is 20.8 Å². The van der Waals surface area contributed by atoms with Crippen LogP contribution in [0.4, 0.5) is 23.7 Å². The highest BCUT2D eigenvalue weighted by Crippen LogP contribution is 2.40. The molecule has 1 aromatic rings. The molecule has 3 heterocycles. The summed E-state index contributed by atoms with van der Waals surface area (Å²) in [5.74, 6) is 0.0346. The molecule has 0 aliphatic carbocycles. The van der Waals surface area contributed by atoms with Gasteiger partial charge in [-0.25, -0.2) is 9.79 Å². The minimum absolute atomic E-state index is 0.132. The van der Waals surface area contributed by atoms with E-state index in [1.54, 1.807) is 16.8 Å². The molecular weight excluding hydrogens is 427 g/mol. The lowest BCUT2D eigenvalue weighted by Gasteiger charge is -2.40. The number of carbonyl (C=O) groups is 2. The lowest BCUT2D eigenvalue weighted by molar-refractivity contribution is -0.138. The first-order chi connectivity index (χ1) is 15.1. The van der Waals surface area contributed by atoms with E-state index in [0.29, 0.717) is 18.3 Å². The standard InChI is InChI=1S/C21H24F3N5O3/c1-5-32-11-10-27-18(30)16-17(26(4)20(27)31)25-19-28(12(2)13(3)29(16)19)15-8-6-14(7-9-15)21(22,23)24/h6-9,16-17H,5,10-11H2,1-4H3. The summed E-state index contributed by atoms with van der Waals surface area (Å²) >= 11 is 0. The second-order valence-corrected chi connectivity index (χ2v) is 7.79. The van der Waals surface area contributed by atoms with E-state index in [0.717, 1.165) is 23.5 Å². The molecule has 1 aromatic carbocycles. The highest BCUT2D eigenvalue weighted by molar-refractivity contribution is 6.10. The number of aliphatic imine (C=N–C) groups is 1. The molecule has 8 nitrogen and oxygen atoms in total. The maximum absolute atomic E-state index is 13.3. The Labute approximate surface area is 183 Å². The predicted octanol–water partition coefficient (Wildman–Crippen LogP) is 3.07. The normalized spacial score (nSPS) is 23.3. The van der Waals surface area contributed by atoms with Crippen molar-refractivity contribution in [3.05, 3.63) is 41.2 Å². The zero-order chi connectivity index (χ0) is 23.4. The molecule has 0 bridgehead atoms. The van der Waals surface area contributed by atoms with Crippen LogP contribution in [0, 0.1) is 0 Å². The highest BCUT2D eigenvalue weighted by atomic mass is 19.4. The van der Waals surface area contributed by atoms with Gasteiger partial charge in [-0.1, -0.05) is 0 Å². The fourth-order valence-corrected chi connectivity index (χ4v) is 4.23. The summed E-state index contributed by atoms with van der Waals surface area (Å²) < 4.78 is 44.2. The molecule has 1 fully saturated rings. The molecule has 32 heavy (non-hydrogen) atoms. The number of hydrogen-bond donors (Lipinski definition) is 0. The number of hydrogen-bond acceptors (Lipinski definition) is 6. The second kappa shape index (κ2) is 7.80. The third-order valence-corrected chi connectivity index (χ3v) is 6.01. The van der Waals surface area contributed by atoms with Gasteiger partial charge in [0.25, 0.3) is 5.91 Å². The summed E-state index contributed by atoms with van der Waals surface area (Å²) in [6.45, 7) is 6.31. The molecule has 0 saturated carbocycles. The van der Waals surface area contributed by atoms with Crippen molar-refractivity contribution in [3.8, 4) is 0 Å². The summed E-state index contributed by atoms with van der Waals surface area (Å²) in [5, 5.41) is 0. The number of benzene rings is 1. The van der Waals surface area contributed by atoms with Crippen LogP contribution in [0.5, 0.6) is 0 Å². The molecule has 11 heteroatoms. The maximum Gasteiger partial charge on any atom is 0.416 e. The fraction of sp³-hybridized carbons (Fsp3) is 0.476. The van der Waals surface area contributed by atoms with Gasteiger partial charge < -0.3 is 9.64 Å². The van der Waals surface area contributed by atoms with E-state index in [-0.39, 0.29) is 19.1 Å². The Morgan fingerprint density at radius 1 is 1.09 bits per heavy atom. The highest BCUT2D eigenvalue weighted by Gasteiger charge is 2.55. The number of likely N-dealkylation sites (N-methyl/N-ethyl adjacent to an activating group) is 1. The van der Waals surface area contributed by atoms with E-state index >= 15 is 0 Å². The fourth-order valence-electron chi connectivity index (χ4n) is 4.23. The molecule has 0 radical (unpaired) electrons. The quantitative estimate of drug-likeness (QED) is 0.644. The van der Waals surface area contributed by atoms with E-state index in [9.17, 15) is 22.8 Å². The lowest BCUT2D eigenvalue weighted by atomic mass is 10.1. The van der Waals surface area contributed by atoms with Crippen LogP contribution in [0.15, 0.2) is 40.7 Å². The summed E-state index contributed by atoms with van der Waals surface area (Å²) in [6, 6.07) is 3.57. The van der Waals surface area contributed by atoms with E-state index in [1.165, 1.54) is 21.9 Å². The van der Waals surface area contributed by atoms with Crippen molar-refractivity contribution in [1.29, 1.82) is 0 Å². The number of amides is 3. The second-order valence-electron chi connectivity index (χ2n) is 7.79. The number of alkyl halides is 3. The third-order valence-electron chi connectivity index (χ3n) is 6.01. The Bertz CT molecular complexity index is 1000. The van der Waals surface area contributed by atoms with Crippen molar-refractivity contribution in [2.24, 2.45) is 4.99 Å². The smallest absolute Gasteiger partial charge is 0.380 e. The van der Waals surface area contributed by atoms with E-state index < -0.39 is 30.0 Å². The van der Waals surface area contributed by atoms with Crippen molar-refractivity contribution in [2.75, 3.05) is 31.7 Å².